The molecule has 0 aliphatic carbocycles. The van der Waals surface area contributed by atoms with E-state index < -0.39 is 0 Å². The van der Waals surface area contributed by atoms with Gasteiger partial charge in [0.2, 0.25) is 5.88 Å². The van der Waals surface area contributed by atoms with Crippen LogP contribution in [0.1, 0.15) is 37.9 Å². The molecule has 106 valence electrons. The van der Waals surface area contributed by atoms with Crippen LogP contribution in [-0.2, 0) is 11.3 Å². The molecule has 1 aliphatic heterocycles. The van der Waals surface area contributed by atoms with Crippen LogP contribution in [0.5, 0.6) is 5.88 Å². The first kappa shape index (κ1) is 14.3. The van der Waals surface area contributed by atoms with Gasteiger partial charge < -0.3 is 14.8 Å². The molecule has 2 rings (SSSR count). The van der Waals surface area contributed by atoms with Gasteiger partial charge in [0.1, 0.15) is 6.10 Å². The average Bonchev–Trinajstić information content (AvgIpc) is 2.37. The van der Waals surface area contributed by atoms with Gasteiger partial charge >= 0.3 is 0 Å². The summed E-state index contributed by atoms with van der Waals surface area (Å²) in [5, 5.41) is 3.42. The van der Waals surface area contributed by atoms with Crippen molar-refractivity contribution in [1.82, 2.24) is 10.3 Å². The van der Waals surface area contributed by atoms with Crippen LogP contribution in [0.15, 0.2) is 12.1 Å². The Balaban J connectivity index is 1.99. The quantitative estimate of drug-likeness (QED) is 0.887. The van der Waals surface area contributed by atoms with E-state index in [0.717, 1.165) is 44.2 Å². The molecule has 1 fully saturated rings. The average molecular weight is 264 g/mol. The molecule has 1 aromatic rings. The lowest BCUT2D eigenvalue weighted by molar-refractivity contribution is 0.0236. The zero-order valence-corrected chi connectivity index (χ0v) is 12.1. The number of aryl methyl sites for hydroxylation is 1. The minimum absolute atomic E-state index is 0.244. The van der Waals surface area contributed by atoms with Crippen molar-refractivity contribution < 1.29 is 9.47 Å². The monoisotopic (exact) mass is 264 g/mol. The van der Waals surface area contributed by atoms with E-state index in [4.69, 9.17) is 9.47 Å². The molecule has 0 atom stereocenters. The molecule has 0 amide bonds. The van der Waals surface area contributed by atoms with Crippen molar-refractivity contribution in [3.63, 3.8) is 0 Å². The van der Waals surface area contributed by atoms with E-state index in [0.29, 0.717) is 6.04 Å². The summed E-state index contributed by atoms with van der Waals surface area (Å²) in [5.74, 6) is 0.743. The third-order valence-electron chi connectivity index (χ3n) is 3.16. The summed E-state index contributed by atoms with van der Waals surface area (Å²) >= 11 is 0. The van der Waals surface area contributed by atoms with Gasteiger partial charge in [-0.15, -0.1) is 0 Å². The predicted octanol–water partition coefficient (Wildman–Crippen LogP) is 2.45. The molecule has 0 saturated carbocycles. The molecule has 1 aromatic heterocycles. The first-order valence-corrected chi connectivity index (χ1v) is 7.09. The Kier molecular flexibility index (Phi) is 5.16. The summed E-state index contributed by atoms with van der Waals surface area (Å²) in [4.78, 5) is 4.46. The van der Waals surface area contributed by atoms with Crippen molar-refractivity contribution in [3.05, 3.63) is 23.4 Å². The fourth-order valence-corrected chi connectivity index (χ4v) is 2.16. The highest BCUT2D eigenvalue weighted by Crippen LogP contribution is 2.18. The summed E-state index contributed by atoms with van der Waals surface area (Å²) < 4.78 is 11.3. The van der Waals surface area contributed by atoms with Crippen LogP contribution in [-0.4, -0.2) is 30.3 Å². The molecule has 19 heavy (non-hydrogen) atoms. The molecule has 0 spiro atoms. The molecule has 2 heterocycles. The summed E-state index contributed by atoms with van der Waals surface area (Å²) in [5.41, 5.74) is 2.23. The molecule has 0 unspecified atom stereocenters. The highest BCUT2D eigenvalue weighted by Gasteiger charge is 2.16. The fourth-order valence-electron chi connectivity index (χ4n) is 2.16. The third-order valence-corrected chi connectivity index (χ3v) is 3.16. The number of ether oxygens (including phenoxy) is 2. The lowest BCUT2D eigenvalue weighted by atomic mass is 10.1. The largest absolute Gasteiger partial charge is 0.474 e. The summed E-state index contributed by atoms with van der Waals surface area (Å²) in [6.45, 7) is 8.73. The van der Waals surface area contributed by atoms with Crippen molar-refractivity contribution in [3.8, 4) is 5.88 Å². The molecule has 1 saturated heterocycles. The molecule has 4 nitrogen and oxygen atoms in total. The Morgan fingerprint density at radius 2 is 2.11 bits per heavy atom. The molecule has 1 N–H and O–H groups in total. The molecule has 0 radical (unpaired) electrons. The van der Waals surface area contributed by atoms with Crippen molar-refractivity contribution in [2.45, 2.75) is 52.3 Å². The third kappa shape index (κ3) is 4.80. The van der Waals surface area contributed by atoms with Gasteiger partial charge in [-0.2, -0.15) is 0 Å². The maximum atomic E-state index is 5.96. The molecule has 0 aromatic carbocycles. The number of pyridine rings is 1. The Hall–Kier alpha value is -1.13. The minimum Gasteiger partial charge on any atom is -0.474 e. The van der Waals surface area contributed by atoms with Crippen LogP contribution in [0.3, 0.4) is 0 Å². The maximum Gasteiger partial charge on any atom is 0.214 e. The van der Waals surface area contributed by atoms with E-state index in [2.05, 4.69) is 30.2 Å². The van der Waals surface area contributed by atoms with Crippen LogP contribution in [0.2, 0.25) is 0 Å². The van der Waals surface area contributed by atoms with Crippen LogP contribution in [0, 0.1) is 6.92 Å². The number of nitrogens with zero attached hydrogens (tertiary/aromatic N) is 1. The van der Waals surface area contributed by atoms with E-state index >= 15 is 0 Å². The van der Waals surface area contributed by atoms with Gasteiger partial charge in [-0.1, -0.05) is 13.8 Å². The number of hydrogen-bond donors (Lipinski definition) is 1. The van der Waals surface area contributed by atoms with Crippen LogP contribution >= 0.6 is 0 Å². The smallest absolute Gasteiger partial charge is 0.214 e. The first-order valence-electron chi connectivity index (χ1n) is 7.09. The standard InChI is InChI=1S/C15H24N2O2/c1-11(2)16-10-13-8-12(3)17-15(9-13)19-14-4-6-18-7-5-14/h8-9,11,14,16H,4-7,10H2,1-3H3. The summed E-state index contributed by atoms with van der Waals surface area (Å²) in [6.07, 6.45) is 2.15. The topological polar surface area (TPSA) is 43.4 Å². The van der Waals surface area contributed by atoms with E-state index in [-0.39, 0.29) is 6.10 Å². The number of rotatable bonds is 5. The first-order chi connectivity index (χ1) is 9.13. The van der Waals surface area contributed by atoms with E-state index in [1.807, 2.05) is 13.0 Å². The summed E-state index contributed by atoms with van der Waals surface area (Å²) in [7, 11) is 0. The number of hydrogen-bond acceptors (Lipinski definition) is 4. The zero-order chi connectivity index (χ0) is 13.7. The molecule has 4 heteroatoms. The lowest BCUT2D eigenvalue weighted by Gasteiger charge is -2.23. The van der Waals surface area contributed by atoms with Gasteiger partial charge in [0.25, 0.3) is 0 Å². The molecular weight excluding hydrogens is 240 g/mol. The van der Waals surface area contributed by atoms with Gasteiger partial charge in [-0.3, -0.25) is 0 Å². The second-order valence-electron chi connectivity index (χ2n) is 5.42. The Bertz CT molecular complexity index is 401. The summed E-state index contributed by atoms with van der Waals surface area (Å²) in [6, 6.07) is 4.62. The minimum atomic E-state index is 0.244. The van der Waals surface area contributed by atoms with Gasteiger partial charge in [-0.05, 0) is 18.6 Å². The van der Waals surface area contributed by atoms with Gasteiger partial charge in [0, 0.05) is 37.2 Å². The van der Waals surface area contributed by atoms with E-state index in [1.165, 1.54) is 5.56 Å². The zero-order valence-electron chi connectivity index (χ0n) is 12.1. The van der Waals surface area contributed by atoms with E-state index in [9.17, 15) is 0 Å². The lowest BCUT2D eigenvalue weighted by Crippen LogP contribution is -2.26. The second kappa shape index (κ2) is 6.87. The highest BCUT2D eigenvalue weighted by molar-refractivity contribution is 5.24. The normalized spacial score (nSPS) is 16.8. The van der Waals surface area contributed by atoms with E-state index in [1.54, 1.807) is 0 Å². The molecule has 0 bridgehead atoms. The Morgan fingerprint density at radius 1 is 1.37 bits per heavy atom. The predicted molar refractivity (Wildman–Crippen MR) is 75.4 cm³/mol. The number of nitrogens with one attached hydrogen (secondary N) is 1. The van der Waals surface area contributed by atoms with Crippen LogP contribution < -0.4 is 10.1 Å². The Labute approximate surface area is 115 Å². The van der Waals surface area contributed by atoms with Gasteiger partial charge in [-0.25, -0.2) is 4.98 Å². The Morgan fingerprint density at radius 3 is 2.79 bits per heavy atom. The fraction of sp³-hybridized carbons (Fsp3) is 0.667. The van der Waals surface area contributed by atoms with Crippen molar-refractivity contribution in [1.29, 1.82) is 0 Å². The molecule has 1 aliphatic rings. The molecular formula is C15H24N2O2. The van der Waals surface area contributed by atoms with Crippen LogP contribution in [0.4, 0.5) is 0 Å². The van der Waals surface area contributed by atoms with Crippen molar-refractivity contribution in [2.75, 3.05) is 13.2 Å². The number of aromatic nitrogens is 1. The maximum absolute atomic E-state index is 5.96. The van der Waals surface area contributed by atoms with Crippen molar-refractivity contribution in [2.24, 2.45) is 0 Å². The SMILES string of the molecule is Cc1cc(CNC(C)C)cc(OC2CCOCC2)n1. The second-order valence-corrected chi connectivity index (χ2v) is 5.42. The van der Waals surface area contributed by atoms with Gasteiger partial charge in [0.15, 0.2) is 0 Å². The van der Waals surface area contributed by atoms with Gasteiger partial charge in [0.05, 0.1) is 13.2 Å². The highest BCUT2D eigenvalue weighted by atomic mass is 16.5. The van der Waals surface area contributed by atoms with Crippen LogP contribution in [0.25, 0.3) is 0 Å². The van der Waals surface area contributed by atoms with Crippen molar-refractivity contribution >= 4 is 0 Å².